The van der Waals surface area contributed by atoms with Crippen molar-refractivity contribution < 1.29 is 19.7 Å². The molecule has 3 atom stereocenters. The fraction of sp³-hybridized carbons (Fsp3) is 0.455. The van der Waals surface area contributed by atoms with Crippen molar-refractivity contribution in [2.75, 3.05) is 13.1 Å². The summed E-state index contributed by atoms with van der Waals surface area (Å²) >= 11 is 0. The quantitative estimate of drug-likeness (QED) is 0.752. The summed E-state index contributed by atoms with van der Waals surface area (Å²) in [6.07, 6.45) is 0.810. The molecule has 1 aliphatic heterocycles. The molecule has 3 unspecified atom stereocenters. The maximum absolute atomic E-state index is 14.0. The van der Waals surface area contributed by atoms with Gasteiger partial charge in [0.1, 0.15) is 6.23 Å². The van der Waals surface area contributed by atoms with Gasteiger partial charge in [-0.2, -0.15) is 0 Å². The summed E-state index contributed by atoms with van der Waals surface area (Å²) in [4.78, 5) is 1.93. The van der Waals surface area contributed by atoms with E-state index in [1.54, 1.807) is 6.07 Å². The van der Waals surface area contributed by atoms with Crippen molar-refractivity contribution >= 4 is 0 Å². The molecule has 0 radical (unpaired) electrons. The van der Waals surface area contributed by atoms with Gasteiger partial charge in [-0.1, -0.05) is 42.8 Å². The van der Waals surface area contributed by atoms with Crippen molar-refractivity contribution in [1.82, 2.24) is 4.90 Å². The lowest BCUT2D eigenvalue weighted by Crippen LogP contribution is -2.57. The lowest BCUT2D eigenvalue weighted by atomic mass is 9.72. The van der Waals surface area contributed by atoms with Crippen molar-refractivity contribution in [2.24, 2.45) is 0 Å². The number of rotatable bonds is 5. The molecule has 0 amide bonds. The molecule has 0 aromatic heterocycles. The maximum Gasteiger partial charge on any atom is 0.165 e. The van der Waals surface area contributed by atoms with Crippen molar-refractivity contribution in [3.63, 3.8) is 0 Å². The Kier molecular flexibility index (Phi) is 5.84. The van der Waals surface area contributed by atoms with Gasteiger partial charge in [0, 0.05) is 19.5 Å². The zero-order valence-corrected chi connectivity index (χ0v) is 15.9. The molecule has 146 valence electrons. The minimum Gasteiger partial charge on any atom is -0.505 e. The summed E-state index contributed by atoms with van der Waals surface area (Å²) in [6, 6.07) is 12.0. The average molecular weight is 373 g/mol. The Morgan fingerprint density at radius 2 is 1.89 bits per heavy atom. The average Bonchev–Trinajstić information content (AvgIpc) is 2.63. The molecule has 0 spiro atoms. The van der Waals surface area contributed by atoms with E-state index in [4.69, 9.17) is 0 Å². The van der Waals surface area contributed by atoms with Crippen LogP contribution in [0.4, 0.5) is 4.39 Å². The van der Waals surface area contributed by atoms with E-state index in [9.17, 15) is 19.7 Å². The second-order valence-electron chi connectivity index (χ2n) is 7.65. The standard InChI is InChI=1S/C22H28FNO3/c1-3-11-24-12-10-22(27,14-16-6-4-15(2)5-7-16)20(21(24)26)17-8-9-19(25)18(23)13-17/h4-9,13,20-21,25-27H,3,10-12,14H2,1-2H3. The summed E-state index contributed by atoms with van der Waals surface area (Å²) in [5.41, 5.74) is 1.40. The van der Waals surface area contributed by atoms with Crippen LogP contribution in [0.1, 0.15) is 42.4 Å². The maximum atomic E-state index is 14.0. The number of halogens is 1. The van der Waals surface area contributed by atoms with Gasteiger partial charge in [0.25, 0.3) is 0 Å². The van der Waals surface area contributed by atoms with Gasteiger partial charge in [-0.15, -0.1) is 0 Å². The molecule has 1 aliphatic rings. The van der Waals surface area contributed by atoms with Gasteiger partial charge in [0.15, 0.2) is 11.6 Å². The van der Waals surface area contributed by atoms with E-state index in [0.29, 0.717) is 31.5 Å². The first-order valence-corrected chi connectivity index (χ1v) is 9.52. The third kappa shape index (κ3) is 4.15. The van der Waals surface area contributed by atoms with Crippen LogP contribution in [0.3, 0.4) is 0 Å². The second-order valence-corrected chi connectivity index (χ2v) is 7.65. The molecule has 2 aromatic carbocycles. The molecule has 0 saturated carbocycles. The van der Waals surface area contributed by atoms with Gasteiger partial charge in [-0.05, 0) is 43.0 Å². The highest BCUT2D eigenvalue weighted by Crippen LogP contribution is 2.42. The Morgan fingerprint density at radius 1 is 1.19 bits per heavy atom. The number of aromatic hydroxyl groups is 1. The van der Waals surface area contributed by atoms with Crippen LogP contribution in [0.2, 0.25) is 0 Å². The van der Waals surface area contributed by atoms with E-state index in [-0.39, 0.29) is 0 Å². The van der Waals surface area contributed by atoms with Gasteiger partial charge in [-0.3, -0.25) is 4.90 Å². The zero-order chi connectivity index (χ0) is 19.6. The molecular formula is C22H28FNO3. The third-order valence-electron chi connectivity index (χ3n) is 5.56. The predicted octanol–water partition coefficient (Wildman–Crippen LogP) is 3.33. The Hall–Kier alpha value is -1.95. The van der Waals surface area contributed by atoms with E-state index in [1.165, 1.54) is 12.1 Å². The number of phenols is 1. The van der Waals surface area contributed by atoms with E-state index in [1.807, 2.05) is 43.0 Å². The Bertz CT molecular complexity index is 780. The Balaban J connectivity index is 1.98. The van der Waals surface area contributed by atoms with Crippen LogP contribution in [0.5, 0.6) is 5.75 Å². The highest BCUT2D eigenvalue weighted by molar-refractivity contribution is 5.34. The first-order chi connectivity index (χ1) is 12.8. The van der Waals surface area contributed by atoms with Crippen LogP contribution < -0.4 is 0 Å². The molecule has 3 N–H and O–H groups in total. The first-order valence-electron chi connectivity index (χ1n) is 9.52. The summed E-state index contributed by atoms with van der Waals surface area (Å²) in [7, 11) is 0. The molecule has 3 rings (SSSR count). The van der Waals surface area contributed by atoms with Crippen LogP contribution >= 0.6 is 0 Å². The molecule has 1 heterocycles. The third-order valence-corrected chi connectivity index (χ3v) is 5.56. The molecule has 5 heteroatoms. The number of likely N-dealkylation sites (tertiary alicyclic amines) is 1. The zero-order valence-electron chi connectivity index (χ0n) is 15.9. The monoisotopic (exact) mass is 373 g/mol. The predicted molar refractivity (Wildman–Crippen MR) is 103 cm³/mol. The normalized spacial score (nSPS) is 26.3. The first kappa shape index (κ1) is 19.8. The summed E-state index contributed by atoms with van der Waals surface area (Å²) in [6.45, 7) is 5.33. The number of hydrogen-bond acceptors (Lipinski definition) is 4. The van der Waals surface area contributed by atoms with E-state index < -0.39 is 29.3 Å². The van der Waals surface area contributed by atoms with Gasteiger partial charge in [0.2, 0.25) is 0 Å². The molecule has 2 aromatic rings. The highest BCUT2D eigenvalue weighted by atomic mass is 19.1. The van der Waals surface area contributed by atoms with Crippen molar-refractivity contribution in [2.45, 2.75) is 50.9 Å². The number of benzene rings is 2. The minimum atomic E-state index is -1.21. The molecule has 27 heavy (non-hydrogen) atoms. The van der Waals surface area contributed by atoms with Crippen LogP contribution in [0, 0.1) is 12.7 Å². The van der Waals surface area contributed by atoms with E-state index in [0.717, 1.165) is 17.5 Å². The van der Waals surface area contributed by atoms with Gasteiger partial charge < -0.3 is 15.3 Å². The van der Waals surface area contributed by atoms with Gasteiger partial charge >= 0.3 is 0 Å². The molecular weight excluding hydrogens is 345 g/mol. The Morgan fingerprint density at radius 3 is 2.52 bits per heavy atom. The number of hydrogen-bond donors (Lipinski definition) is 3. The Labute approximate surface area is 159 Å². The van der Waals surface area contributed by atoms with Crippen LogP contribution in [0.15, 0.2) is 42.5 Å². The number of phenolic OH excluding ortho intramolecular Hbond substituents is 1. The molecule has 0 bridgehead atoms. The van der Waals surface area contributed by atoms with Crippen LogP contribution in [0.25, 0.3) is 0 Å². The summed E-state index contributed by atoms with van der Waals surface area (Å²) < 4.78 is 14.0. The van der Waals surface area contributed by atoms with Crippen molar-refractivity contribution in [3.8, 4) is 5.75 Å². The van der Waals surface area contributed by atoms with Gasteiger partial charge in [0.05, 0.1) is 11.5 Å². The topological polar surface area (TPSA) is 63.9 Å². The lowest BCUT2D eigenvalue weighted by molar-refractivity contribution is -0.136. The fourth-order valence-electron chi connectivity index (χ4n) is 4.10. The smallest absolute Gasteiger partial charge is 0.165 e. The van der Waals surface area contributed by atoms with Crippen LogP contribution in [-0.2, 0) is 6.42 Å². The van der Waals surface area contributed by atoms with Gasteiger partial charge in [-0.25, -0.2) is 4.39 Å². The molecule has 1 fully saturated rings. The fourth-order valence-corrected chi connectivity index (χ4v) is 4.10. The minimum absolute atomic E-state index is 0.372. The highest BCUT2D eigenvalue weighted by Gasteiger charge is 2.47. The largest absolute Gasteiger partial charge is 0.505 e. The number of aliphatic hydroxyl groups excluding tert-OH is 1. The number of nitrogens with zero attached hydrogens (tertiary/aromatic N) is 1. The number of piperidine rings is 1. The number of aryl methyl sites for hydroxylation is 1. The van der Waals surface area contributed by atoms with Crippen molar-refractivity contribution in [3.05, 3.63) is 65.0 Å². The second kappa shape index (κ2) is 7.97. The molecule has 1 saturated heterocycles. The van der Waals surface area contributed by atoms with Crippen molar-refractivity contribution in [1.29, 1.82) is 0 Å². The lowest BCUT2D eigenvalue weighted by Gasteiger charge is -2.48. The number of aliphatic hydroxyl groups is 2. The van der Waals surface area contributed by atoms with E-state index in [2.05, 4.69) is 0 Å². The molecule has 0 aliphatic carbocycles. The van der Waals surface area contributed by atoms with Crippen LogP contribution in [-0.4, -0.2) is 45.1 Å². The summed E-state index contributed by atoms with van der Waals surface area (Å²) in [5.74, 6) is -1.85. The SMILES string of the molecule is CCCN1CCC(O)(Cc2ccc(C)cc2)C(c2ccc(O)c(F)c2)C1O. The summed E-state index contributed by atoms with van der Waals surface area (Å²) in [5, 5.41) is 32.1. The van der Waals surface area contributed by atoms with E-state index >= 15 is 0 Å². The molecule has 4 nitrogen and oxygen atoms in total.